The first-order valence-electron chi connectivity index (χ1n) is 12.6. The van der Waals surface area contributed by atoms with Crippen LogP contribution in [-0.4, -0.2) is 21.5 Å². The normalized spacial score (nSPS) is 10.2. The molecule has 0 aliphatic heterocycles. The molecular formula is C34H36MnN2O4. The van der Waals surface area contributed by atoms with Crippen molar-refractivity contribution >= 4 is 23.1 Å². The number of allylic oxidation sites excluding steroid dienone is 2. The summed E-state index contributed by atoms with van der Waals surface area (Å²) in [5.74, 6) is -0.904. The maximum Gasteiger partial charge on any atom is 2.00 e. The van der Waals surface area contributed by atoms with E-state index >= 15 is 0 Å². The number of pyridine rings is 2. The number of ketones is 2. The first-order chi connectivity index (χ1) is 19.0. The average Bonchev–Trinajstić information content (AvgIpc) is 2.90. The van der Waals surface area contributed by atoms with Crippen molar-refractivity contribution < 1.29 is 36.9 Å². The molecule has 0 amide bonds. The summed E-state index contributed by atoms with van der Waals surface area (Å²) < 4.78 is 0. The van der Waals surface area contributed by atoms with Gasteiger partial charge in [0.25, 0.3) is 0 Å². The molecule has 6 nitrogen and oxygen atoms in total. The van der Waals surface area contributed by atoms with Crippen LogP contribution in [0.5, 0.6) is 0 Å². The average molecular weight is 592 g/mol. The molecule has 0 bridgehead atoms. The van der Waals surface area contributed by atoms with Crippen molar-refractivity contribution in [3.63, 3.8) is 0 Å². The molecule has 0 aliphatic rings. The Morgan fingerprint density at radius 1 is 0.561 bits per heavy atom. The standard InChI is InChI=1S/2C10H10O2.2C7H9N.Mn/c2*1-8(11)7-10(12)9-5-3-2-4-6-9;2*1-6-3-7(2)5-8-4-6;/h2*2-7,12H,1H3;2*3-5H,1-2H3;/q;;;;+2/p-2/b2*10-7-;;;. The van der Waals surface area contributed by atoms with Crippen molar-refractivity contribution in [3.8, 4) is 0 Å². The van der Waals surface area contributed by atoms with Gasteiger partial charge >= 0.3 is 17.1 Å². The van der Waals surface area contributed by atoms with Gasteiger partial charge in [-0.3, -0.25) is 19.6 Å². The molecule has 4 aromatic rings. The van der Waals surface area contributed by atoms with E-state index < -0.39 is 0 Å². The summed E-state index contributed by atoms with van der Waals surface area (Å²) in [6, 6.07) is 21.6. The summed E-state index contributed by atoms with van der Waals surface area (Å²) in [5, 5.41) is 22.4. The van der Waals surface area contributed by atoms with Crippen molar-refractivity contribution in [2.24, 2.45) is 0 Å². The van der Waals surface area contributed by atoms with Crippen LogP contribution in [0.2, 0.25) is 0 Å². The molecule has 41 heavy (non-hydrogen) atoms. The van der Waals surface area contributed by atoms with Crippen LogP contribution in [0.15, 0.2) is 110 Å². The van der Waals surface area contributed by atoms with E-state index in [9.17, 15) is 19.8 Å². The molecule has 0 unspecified atom stereocenters. The summed E-state index contributed by atoms with van der Waals surface area (Å²) in [7, 11) is 0. The number of rotatable bonds is 4. The van der Waals surface area contributed by atoms with Crippen LogP contribution >= 0.6 is 0 Å². The Bertz CT molecular complexity index is 1260. The van der Waals surface area contributed by atoms with E-state index in [-0.39, 0.29) is 40.2 Å². The molecule has 1 radical (unpaired) electrons. The monoisotopic (exact) mass is 591 g/mol. The molecule has 0 N–H and O–H groups in total. The molecule has 2 heterocycles. The van der Waals surface area contributed by atoms with E-state index in [0.717, 1.165) is 12.2 Å². The molecule has 4 rings (SSSR count). The maximum atomic E-state index is 11.2. The maximum absolute atomic E-state index is 11.2. The second-order valence-electron chi connectivity index (χ2n) is 9.05. The quantitative estimate of drug-likeness (QED) is 0.180. The third-order valence-corrected chi connectivity index (χ3v) is 4.81. The molecule has 0 saturated heterocycles. The zero-order valence-corrected chi connectivity index (χ0v) is 25.5. The Hall–Kier alpha value is -4.32. The van der Waals surface area contributed by atoms with Crippen molar-refractivity contribution in [2.45, 2.75) is 41.5 Å². The van der Waals surface area contributed by atoms with Crippen LogP contribution in [0.4, 0.5) is 0 Å². The fourth-order valence-electron chi connectivity index (χ4n) is 3.15. The third-order valence-electron chi connectivity index (χ3n) is 4.81. The van der Waals surface area contributed by atoms with Gasteiger partial charge in [0, 0.05) is 24.8 Å². The number of aromatic nitrogens is 2. The van der Waals surface area contributed by atoms with Gasteiger partial charge in [0.2, 0.25) is 0 Å². The second-order valence-corrected chi connectivity index (χ2v) is 9.05. The Morgan fingerprint density at radius 3 is 1.02 bits per heavy atom. The van der Waals surface area contributed by atoms with Crippen molar-refractivity contribution in [2.75, 3.05) is 0 Å². The van der Waals surface area contributed by atoms with Crippen LogP contribution in [-0.2, 0) is 26.7 Å². The first kappa shape index (κ1) is 36.7. The van der Waals surface area contributed by atoms with Gasteiger partial charge in [-0.25, -0.2) is 0 Å². The third kappa shape index (κ3) is 17.8. The van der Waals surface area contributed by atoms with Gasteiger partial charge in [-0.05, 0) is 87.1 Å². The molecule has 0 aliphatic carbocycles. The number of carbonyl (C=O) groups excluding carboxylic acids is 2. The summed E-state index contributed by atoms with van der Waals surface area (Å²) in [6.07, 6.45) is 9.60. The first-order valence-corrected chi connectivity index (χ1v) is 12.6. The zero-order valence-electron chi connectivity index (χ0n) is 24.3. The van der Waals surface area contributed by atoms with Crippen LogP contribution < -0.4 is 10.2 Å². The van der Waals surface area contributed by atoms with Gasteiger partial charge in [0.05, 0.1) is 0 Å². The molecule has 7 heteroatoms. The smallest absolute Gasteiger partial charge is 0.872 e. The van der Waals surface area contributed by atoms with Crippen molar-refractivity contribution in [1.29, 1.82) is 0 Å². The Labute approximate surface area is 254 Å². The molecule has 2 aromatic heterocycles. The van der Waals surface area contributed by atoms with E-state index in [1.165, 1.54) is 36.1 Å². The number of nitrogens with zero attached hydrogens (tertiary/aromatic N) is 2. The summed E-state index contributed by atoms with van der Waals surface area (Å²) in [4.78, 5) is 29.1. The molecule has 0 atom stereocenters. The topological polar surface area (TPSA) is 106 Å². The molecule has 213 valence electrons. The minimum atomic E-state index is -0.233. The van der Waals surface area contributed by atoms with Crippen LogP contribution in [0.1, 0.15) is 47.2 Å². The number of hydrogen-bond donors (Lipinski definition) is 0. The molecule has 0 fully saturated rings. The molecular weight excluding hydrogens is 555 g/mol. The SMILES string of the molecule is CC(=O)/C=C(\[O-])c1ccccc1.CC(=O)/C=C(\[O-])c1ccccc1.Cc1cncc(C)c1.Cc1cncc(C)c1.[Mn+2]. The van der Waals surface area contributed by atoms with Crippen LogP contribution in [0, 0.1) is 27.7 Å². The van der Waals surface area contributed by atoms with Crippen LogP contribution in [0.25, 0.3) is 11.5 Å². The Kier molecular flexibility index (Phi) is 18.4. The summed E-state index contributed by atoms with van der Waals surface area (Å²) in [6.45, 7) is 10.9. The van der Waals surface area contributed by atoms with E-state index in [4.69, 9.17) is 0 Å². The predicted molar refractivity (Wildman–Crippen MR) is 158 cm³/mol. The van der Waals surface area contributed by atoms with Gasteiger partial charge in [0.15, 0.2) is 11.6 Å². The fourth-order valence-corrected chi connectivity index (χ4v) is 3.15. The minimum absolute atomic E-state index is 0. The van der Waals surface area contributed by atoms with E-state index in [1.807, 2.05) is 64.6 Å². The summed E-state index contributed by atoms with van der Waals surface area (Å²) in [5.41, 5.74) is 6.01. The van der Waals surface area contributed by atoms with E-state index in [0.29, 0.717) is 11.1 Å². The zero-order chi connectivity index (χ0) is 29.9. The van der Waals surface area contributed by atoms with Gasteiger partial charge < -0.3 is 10.2 Å². The molecule has 0 spiro atoms. The number of benzene rings is 2. The number of hydrogen-bond acceptors (Lipinski definition) is 6. The van der Waals surface area contributed by atoms with Gasteiger partial charge in [-0.15, -0.1) is 0 Å². The number of aryl methyl sites for hydroxylation is 4. The summed E-state index contributed by atoms with van der Waals surface area (Å²) >= 11 is 0. The fraction of sp³-hybridized carbons (Fsp3) is 0.176. The minimum Gasteiger partial charge on any atom is -0.872 e. The van der Waals surface area contributed by atoms with Gasteiger partial charge in [-0.2, -0.15) is 0 Å². The Morgan fingerprint density at radius 2 is 0.829 bits per heavy atom. The largest absolute Gasteiger partial charge is 2.00 e. The van der Waals surface area contributed by atoms with Gasteiger partial charge in [0.1, 0.15) is 0 Å². The van der Waals surface area contributed by atoms with Crippen molar-refractivity contribution in [3.05, 3.63) is 143 Å². The van der Waals surface area contributed by atoms with Crippen LogP contribution in [0.3, 0.4) is 0 Å². The molecule has 2 aromatic carbocycles. The number of carbonyl (C=O) groups is 2. The van der Waals surface area contributed by atoms with Gasteiger partial charge in [-0.1, -0.05) is 84.3 Å². The van der Waals surface area contributed by atoms with E-state index in [1.54, 1.807) is 48.5 Å². The molecule has 0 saturated carbocycles. The van der Waals surface area contributed by atoms with Crippen molar-refractivity contribution in [1.82, 2.24) is 9.97 Å². The van der Waals surface area contributed by atoms with E-state index in [2.05, 4.69) is 22.1 Å². The Balaban J connectivity index is 0.000000525. The predicted octanol–water partition coefficient (Wildman–Crippen LogP) is 5.35. The second kappa shape index (κ2) is 20.6.